The monoisotopic (exact) mass is 1420 g/mol. The van der Waals surface area contributed by atoms with Crippen molar-refractivity contribution in [3.05, 3.63) is 85.1 Å². The van der Waals surface area contributed by atoms with Crippen LogP contribution in [0.3, 0.4) is 0 Å². The van der Waals surface area contributed by atoms with Crippen molar-refractivity contribution in [1.29, 1.82) is 0 Å². The van der Waals surface area contributed by atoms with E-state index >= 15 is 0 Å². The number of carbonyl (C=O) groups excluding carboxylic acids is 4. The molecule has 2 unspecified atom stereocenters. The number of hydrogen-bond donors (Lipinski definition) is 3. The first-order valence-electron chi connectivity index (χ1n) is 38.8. The van der Waals surface area contributed by atoms with E-state index in [1.165, 1.54) is 122 Å². The summed E-state index contributed by atoms with van der Waals surface area (Å²) < 4.78 is 68.4. The first kappa shape index (κ1) is 94.2. The fourth-order valence-electron chi connectivity index (χ4n) is 10.4. The Kier molecular flexibility index (Phi) is 68.9. The first-order valence-corrected chi connectivity index (χ1v) is 41.8. The predicted molar refractivity (Wildman–Crippen MR) is 399 cm³/mol. The smallest absolute Gasteiger partial charge is 0.462 e. The number of rotatable bonds is 73. The van der Waals surface area contributed by atoms with Crippen molar-refractivity contribution in [2.45, 2.75) is 354 Å². The van der Waals surface area contributed by atoms with Crippen LogP contribution < -0.4 is 0 Å². The number of aliphatic hydroxyl groups excluding tert-OH is 1. The highest BCUT2D eigenvalue weighted by atomic mass is 31.2. The molecule has 98 heavy (non-hydrogen) atoms. The molecule has 0 aliphatic rings. The zero-order valence-corrected chi connectivity index (χ0v) is 63.7. The van der Waals surface area contributed by atoms with Gasteiger partial charge in [0.15, 0.2) is 12.2 Å². The summed E-state index contributed by atoms with van der Waals surface area (Å²) in [6, 6.07) is 0. The molecule has 0 amide bonds. The lowest BCUT2D eigenvalue weighted by molar-refractivity contribution is -0.161. The molecule has 3 N–H and O–H groups in total. The summed E-state index contributed by atoms with van der Waals surface area (Å²) in [4.78, 5) is 72.8. The molecule has 568 valence electrons. The lowest BCUT2D eigenvalue weighted by atomic mass is 10.0. The Morgan fingerprint density at radius 2 is 0.510 bits per heavy atom. The number of phosphoric ester groups is 2. The zero-order chi connectivity index (χ0) is 71.8. The topological polar surface area (TPSA) is 237 Å². The van der Waals surface area contributed by atoms with E-state index in [-0.39, 0.29) is 25.7 Å². The second kappa shape index (κ2) is 71.6. The average Bonchev–Trinajstić information content (AvgIpc) is 1.05. The minimum absolute atomic E-state index is 0.0188. The molecule has 0 fully saturated rings. The number of carbonyl (C=O) groups is 4. The summed E-state index contributed by atoms with van der Waals surface area (Å²) in [7, 11) is -9.96. The van der Waals surface area contributed by atoms with Gasteiger partial charge in [-0.25, -0.2) is 9.13 Å². The highest BCUT2D eigenvalue weighted by Gasteiger charge is 2.30. The third-order valence-electron chi connectivity index (χ3n) is 16.3. The SMILES string of the molecule is CCCCC/C=C\C/C=C\C/C=C\C/C=C\CCCC(=O)O[C@H](COC(=O)CCCCCCC/C=C\CCCCCC)COP(=O)(O)OC[C@H](O)COP(=O)(O)OC[C@@H](COC(=O)CCCCCCCCCCCCCCC)OC(=O)CCCCCCC/C=C\C/C=C\CCCCC. The summed E-state index contributed by atoms with van der Waals surface area (Å²) in [5, 5.41) is 10.6. The minimum Gasteiger partial charge on any atom is -0.462 e. The number of phosphoric acid groups is 2. The van der Waals surface area contributed by atoms with Crippen LogP contribution in [0.2, 0.25) is 0 Å². The van der Waals surface area contributed by atoms with Gasteiger partial charge in [0.25, 0.3) is 0 Å². The number of unbranched alkanes of at least 4 members (excludes halogenated alkanes) is 33. The molecule has 0 spiro atoms. The van der Waals surface area contributed by atoms with E-state index in [0.29, 0.717) is 32.1 Å². The van der Waals surface area contributed by atoms with E-state index in [1.54, 1.807) is 0 Å². The van der Waals surface area contributed by atoms with Crippen molar-refractivity contribution in [3.8, 4) is 0 Å². The van der Waals surface area contributed by atoms with Gasteiger partial charge in [-0.2, -0.15) is 0 Å². The molecular formula is C79H140O17P2. The molecule has 0 saturated carbocycles. The molecule has 0 aromatic rings. The van der Waals surface area contributed by atoms with Crippen LogP contribution in [-0.4, -0.2) is 96.7 Å². The second-order valence-electron chi connectivity index (χ2n) is 25.9. The number of esters is 4. The fraction of sp³-hybridized carbons (Fsp3) is 0.772. The Hall–Kier alpha value is -3.76. The Labute approximate surface area is 595 Å². The molecule has 0 aliphatic carbocycles. The van der Waals surface area contributed by atoms with Gasteiger partial charge in [-0.3, -0.25) is 37.3 Å². The fourth-order valence-corrected chi connectivity index (χ4v) is 11.9. The summed E-state index contributed by atoms with van der Waals surface area (Å²) in [6.45, 7) is 4.75. The summed E-state index contributed by atoms with van der Waals surface area (Å²) in [6.07, 6.45) is 72.9. The molecule has 0 aromatic carbocycles. The average molecular weight is 1420 g/mol. The van der Waals surface area contributed by atoms with Crippen LogP contribution >= 0.6 is 15.6 Å². The number of hydrogen-bond acceptors (Lipinski definition) is 15. The quantitative estimate of drug-likeness (QED) is 0.0169. The lowest BCUT2D eigenvalue weighted by Gasteiger charge is -2.21. The molecule has 5 atom stereocenters. The van der Waals surface area contributed by atoms with E-state index in [4.69, 9.17) is 37.0 Å². The molecule has 0 radical (unpaired) electrons. The van der Waals surface area contributed by atoms with Gasteiger partial charge in [0.05, 0.1) is 26.4 Å². The molecule has 0 aromatic heterocycles. The van der Waals surface area contributed by atoms with Crippen molar-refractivity contribution in [3.63, 3.8) is 0 Å². The van der Waals surface area contributed by atoms with Crippen molar-refractivity contribution in [2.75, 3.05) is 39.6 Å². The summed E-state index contributed by atoms with van der Waals surface area (Å²) in [5.41, 5.74) is 0. The van der Waals surface area contributed by atoms with Gasteiger partial charge >= 0.3 is 39.5 Å². The van der Waals surface area contributed by atoms with Crippen LogP contribution in [-0.2, 0) is 65.4 Å². The predicted octanol–water partition coefficient (Wildman–Crippen LogP) is 22.2. The highest BCUT2D eigenvalue weighted by molar-refractivity contribution is 7.47. The van der Waals surface area contributed by atoms with Crippen molar-refractivity contribution >= 4 is 39.5 Å². The van der Waals surface area contributed by atoms with E-state index in [0.717, 1.165) is 128 Å². The number of ether oxygens (including phenoxy) is 4. The van der Waals surface area contributed by atoms with Crippen molar-refractivity contribution in [2.24, 2.45) is 0 Å². The lowest BCUT2D eigenvalue weighted by Crippen LogP contribution is -2.30. The molecule has 0 aliphatic heterocycles. The van der Waals surface area contributed by atoms with Crippen molar-refractivity contribution < 1.29 is 80.2 Å². The van der Waals surface area contributed by atoms with Gasteiger partial charge in [0.2, 0.25) is 0 Å². The van der Waals surface area contributed by atoms with E-state index in [2.05, 4.69) is 101 Å². The van der Waals surface area contributed by atoms with Gasteiger partial charge in [-0.15, -0.1) is 0 Å². The molecule has 17 nitrogen and oxygen atoms in total. The highest BCUT2D eigenvalue weighted by Crippen LogP contribution is 2.45. The van der Waals surface area contributed by atoms with Crippen LogP contribution in [0.15, 0.2) is 85.1 Å². The molecule has 0 rings (SSSR count). The van der Waals surface area contributed by atoms with Crippen LogP contribution in [0.4, 0.5) is 0 Å². The number of aliphatic hydroxyl groups is 1. The maximum absolute atomic E-state index is 13.1. The summed E-state index contributed by atoms with van der Waals surface area (Å²) >= 11 is 0. The Bertz CT molecular complexity index is 2190. The van der Waals surface area contributed by atoms with E-state index in [9.17, 15) is 43.2 Å². The van der Waals surface area contributed by atoms with Gasteiger partial charge in [-0.1, -0.05) is 273 Å². The van der Waals surface area contributed by atoms with Crippen LogP contribution in [0.1, 0.15) is 336 Å². The molecule has 19 heteroatoms. The molecule has 0 saturated heterocycles. The zero-order valence-electron chi connectivity index (χ0n) is 62.0. The Morgan fingerprint density at radius 3 is 0.847 bits per heavy atom. The normalized spacial score (nSPS) is 14.4. The Balaban J connectivity index is 5.40. The number of allylic oxidation sites excluding steroid dienone is 14. The summed E-state index contributed by atoms with van der Waals surface area (Å²) in [5.74, 6) is -2.25. The third-order valence-corrected chi connectivity index (χ3v) is 18.2. The molecular weight excluding hydrogens is 1280 g/mol. The van der Waals surface area contributed by atoms with Gasteiger partial charge in [0.1, 0.15) is 19.3 Å². The third kappa shape index (κ3) is 70.7. The van der Waals surface area contributed by atoms with E-state index < -0.39 is 97.5 Å². The van der Waals surface area contributed by atoms with Crippen LogP contribution in [0.25, 0.3) is 0 Å². The Morgan fingerprint density at radius 1 is 0.286 bits per heavy atom. The van der Waals surface area contributed by atoms with Gasteiger partial charge < -0.3 is 33.8 Å². The van der Waals surface area contributed by atoms with Crippen LogP contribution in [0, 0.1) is 0 Å². The second-order valence-corrected chi connectivity index (χ2v) is 28.9. The van der Waals surface area contributed by atoms with Crippen LogP contribution in [0.5, 0.6) is 0 Å². The maximum Gasteiger partial charge on any atom is 0.472 e. The maximum atomic E-state index is 13.1. The van der Waals surface area contributed by atoms with E-state index in [1.807, 2.05) is 12.2 Å². The molecule has 0 heterocycles. The largest absolute Gasteiger partial charge is 0.472 e. The first-order chi connectivity index (χ1) is 47.7. The molecule has 0 bridgehead atoms. The van der Waals surface area contributed by atoms with Gasteiger partial charge in [-0.05, 0) is 122 Å². The van der Waals surface area contributed by atoms with Crippen molar-refractivity contribution in [1.82, 2.24) is 0 Å². The minimum atomic E-state index is -4.99. The van der Waals surface area contributed by atoms with Gasteiger partial charge in [0, 0.05) is 25.7 Å². The standard InChI is InChI=1S/C79H140O17P2/c1-5-9-13-17-21-25-29-33-35-36-38-42-46-50-54-58-62-66-79(84)96-75(70-90-77(82)64-60-56-52-48-44-40-32-28-24-20-16-12-8-4)72-94-98(87,88)92-68-73(80)67-91-97(85,86)93-71-74(69-89-76(81)63-59-55-51-47-43-39-31-27-23-19-15-11-7-3)95-78(83)65-61-57-53-49-45-41-37-34-30-26-22-18-14-10-6-2/h21-22,25-26,28,32-35,37-38,42,50,54,73-75,80H,5-20,23-24,27,29-31,36,39-41,43-49,51-53,55-72H2,1-4H3,(H,85,86)(H,87,88)/b25-21-,26-22-,32-28-,35-33-,37-34-,42-38-,54-50-/t73-,74-,75-/m1/s1.